The van der Waals surface area contributed by atoms with Crippen LogP contribution in [0.5, 0.6) is 0 Å². The average Bonchev–Trinajstić information content (AvgIpc) is 2.28. The molecule has 0 spiro atoms. The maximum Gasteiger partial charge on any atom is 0.0633 e. The van der Waals surface area contributed by atoms with Gasteiger partial charge in [-0.25, -0.2) is 0 Å². The zero-order valence-corrected chi connectivity index (χ0v) is 10.8. The fraction of sp³-hybridized carbons (Fsp3) is 1.00. The summed E-state index contributed by atoms with van der Waals surface area (Å²) < 4.78 is 5.42. The van der Waals surface area contributed by atoms with Gasteiger partial charge in [0.2, 0.25) is 0 Å². The average molecular weight is 230 g/mol. The molecule has 5 heteroatoms. The molecule has 0 aromatic heterocycles. The van der Waals surface area contributed by atoms with Gasteiger partial charge in [-0.2, -0.15) is 0 Å². The molecule has 0 radical (unpaired) electrons. The van der Waals surface area contributed by atoms with Gasteiger partial charge in [-0.3, -0.25) is 11.3 Å². The molecule has 2 atom stereocenters. The third-order valence-electron chi connectivity index (χ3n) is 3.30. The van der Waals surface area contributed by atoms with Crippen molar-refractivity contribution in [3.8, 4) is 0 Å². The summed E-state index contributed by atoms with van der Waals surface area (Å²) in [5.74, 6) is 5.55. The standard InChI is InChI=1S/C11H26N4O/c1-4-16-9-10(13-12)7-11-8-14(2)5-6-15(11)3/h10-11,13H,4-9,12H2,1-3H3. The fourth-order valence-corrected chi connectivity index (χ4v) is 2.13. The van der Waals surface area contributed by atoms with E-state index in [0.717, 1.165) is 32.7 Å². The van der Waals surface area contributed by atoms with E-state index in [1.54, 1.807) is 0 Å². The van der Waals surface area contributed by atoms with Crippen molar-refractivity contribution in [3.05, 3.63) is 0 Å². The Morgan fingerprint density at radius 2 is 2.19 bits per heavy atom. The van der Waals surface area contributed by atoms with Crippen molar-refractivity contribution in [2.75, 3.05) is 46.9 Å². The van der Waals surface area contributed by atoms with Gasteiger partial charge in [-0.15, -0.1) is 0 Å². The summed E-state index contributed by atoms with van der Waals surface area (Å²) >= 11 is 0. The lowest BCUT2D eigenvalue weighted by Gasteiger charge is -2.39. The Bertz CT molecular complexity index is 191. The minimum Gasteiger partial charge on any atom is -0.380 e. The summed E-state index contributed by atoms with van der Waals surface area (Å²) in [6, 6.07) is 0.819. The van der Waals surface area contributed by atoms with E-state index in [9.17, 15) is 0 Å². The van der Waals surface area contributed by atoms with Crippen molar-refractivity contribution in [2.24, 2.45) is 5.84 Å². The largest absolute Gasteiger partial charge is 0.380 e. The van der Waals surface area contributed by atoms with Crippen LogP contribution in [-0.2, 0) is 4.74 Å². The molecule has 1 fully saturated rings. The van der Waals surface area contributed by atoms with Crippen LogP contribution in [0.15, 0.2) is 0 Å². The predicted octanol–water partition coefficient (Wildman–Crippen LogP) is -0.509. The van der Waals surface area contributed by atoms with Crippen LogP contribution in [-0.4, -0.2) is 68.8 Å². The van der Waals surface area contributed by atoms with Crippen molar-refractivity contribution in [3.63, 3.8) is 0 Å². The first-order valence-electron chi connectivity index (χ1n) is 6.10. The molecule has 16 heavy (non-hydrogen) atoms. The maximum absolute atomic E-state index is 5.55. The number of rotatable bonds is 6. The van der Waals surface area contributed by atoms with Gasteiger partial charge in [0.15, 0.2) is 0 Å². The second kappa shape index (κ2) is 7.19. The Morgan fingerprint density at radius 3 is 2.81 bits per heavy atom. The minimum atomic E-state index is 0.249. The van der Waals surface area contributed by atoms with E-state index in [0.29, 0.717) is 12.6 Å². The van der Waals surface area contributed by atoms with E-state index in [1.165, 1.54) is 0 Å². The van der Waals surface area contributed by atoms with Crippen LogP contribution in [0, 0.1) is 0 Å². The first kappa shape index (κ1) is 13.9. The minimum absolute atomic E-state index is 0.249. The second-order valence-electron chi connectivity index (χ2n) is 4.66. The van der Waals surface area contributed by atoms with Crippen molar-refractivity contribution in [1.82, 2.24) is 15.2 Å². The highest BCUT2D eigenvalue weighted by Crippen LogP contribution is 2.11. The van der Waals surface area contributed by atoms with Crippen molar-refractivity contribution in [2.45, 2.75) is 25.4 Å². The molecule has 0 aromatic carbocycles. The Hall–Kier alpha value is -0.200. The topological polar surface area (TPSA) is 53.8 Å². The number of ether oxygens (including phenoxy) is 1. The quantitative estimate of drug-likeness (QED) is 0.475. The van der Waals surface area contributed by atoms with Gasteiger partial charge in [0.1, 0.15) is 0 Å². The highest BCUT2D eigenvalue weighted by molar-refractivity contribution is 4.82. The van der Waals surface area contributed by atoms with E-state index in [-0.39, 0.29) is 6.04 Å². The molecule has 0 aliphatic carbocycles. The van der Waals surface area contributed by atoms with Gasteiger partial charge in [0.25, 0.3) is 0 Å². The lowest BCUT2D eigenvalue weighted by atomic mass is 10.0. The monoisotopic (exact) mass is 230 g/mol. The summed E-state index contributed by atoms with van der Waals surface area (Å²) in [5, 5.41) is 0. The molecule has 1 heterocycles. The number of nitrogens with zero attached hydrogens (tertiary/aromatic N) is 2. The van der Waals surface area contributed by atoms with Gasteiger partial charge < -0.3 is 14.5 Å². The number of nitrogens with one attached hydrogen (secondary N) is 1. The summed E-state index contributed by atoms with van der Waals surface area (Å²) in [6.07, 6.45) is 1.04. The third kappa shape index (κ3) is 4.35. The molecule has 0 amide bonds. The lowest BCUT2D eigenvalue weighted by molar-refractivity contribution is 0.0746. The second-order valence-corrected chi connectivity index (χ2v) is 4.66. The van der Waals surface area contributed by atoms with Gasteiger partial charge in [-0.05, 0) is 27.4 Å². The van der Waals surface area contributed by atoms with Gasteiger partial charge in [-0.1, -0.05) is 0 Å². The number of hydrazine groups is 1. The summed E-state index contributed by atoms with van der Waals surface area (Å²) in [5.41, 5.74) is 2.85. The molecule has 1 aliphatic heterocycles. The lowest BCUT2D eigenvalue weighted by Crippen LogP contribution is -2.53. The van der Waals surface area contributed by atoms with E-state index in [2.05, 4.69) is 29.3 Å². The van der Waals surface area contributed by atoms with E-state index < -0.39 is 0 Å². The first-order valence-corrected chi connectivity index (χ1v) is 6.10. The molecule has 2 unspecified atom stereocenters. The number of hydrogen-bond acceptors (Lipinski definition) is 5. The number of piperazine rings is 1. The molecular formula is C11H26N4O. The molecule has 0 aromatic rings. The van der Waals surface area contributed by atoms with Crippen LogP contribution >= 0.6 is 0 Å². The number of likely N-dealkylation sites (N-methyl/N-ethyl adjacent to an activating group) is 2. The predicted molar refractivity (Wildman–Crippen MR) is 66.1 cm³/mol. The highest BCUT2D eigenvalue weighted by atomic mass is 16.5. The maximum atomic E-state index is 5.55. The zero-order chi connectivity index (χ0) is 12.0. The van der Waals surface area contributed by atoms with Crippen LogP contribution in [0.2, 0.25) is 0 Å². The molecule has 3 N–H and O–H groups in total. The molecule has 1 aliphatic rings. The summed E-state index contributed by atoms with van der Waals surface area (Å²) in [6.45, 7) is 6.85. The van der Waals surface area contributed by atoms with Crippen molar-refractivity contribution in [1.29, 1.82) is 0 Å². The molecular weight excluding hydrogens is 204 g/mol. The van der Waals surface area contributed by atoms with E-state index in [1.807, 2.05) is 6.92 Å². The normalized spacial score (nSPS) is 25.9. The van der Waals surface area contributed by atoms with Crippen LogP contribution in [0.4, 0.5) is 0 Å². The Morgan fingerprint density at radius 1 is 1.44 bits per heavy atom. The van der Waals surface area contributed by atoms with Crippen molar-refractivity contribution < 1.29 is 4.74 Å². The fourth-order valence-electron chi connectivity index (χ4n) is 2.13. The summed E-state index contributed by atoms with van der Waals surface area (Å²) in [4.78, 5) is 4.79. The van der Waals surface area contributed by atoms with E-state index >= 15 is 0 Å². The Labute approximate surface area is 98.9 Å². The van der Waals surface area contributed by atoms with Crippen LogP contribution in [0.25, 0.3) is 0 Å². The van der Waals surface area contributed by atoms with Crippen LogP contribution in [0.3, 0.4) is 0 Å². The Balaban J connectivity index is 2.36. The summed E-state index contributed by atoms with van der Waals surface area (Å²) in [7, 11) is 4.36. The molecule has 96 valence electrons. The molecule has 0 bridgehead atoms. The zero-order valence-electron chi connectivity index (χ0n) is 10.8. The number of hydrogen-bond donors (Lipinski definition) is 2. The number of nitrogens with two attached hydrogens (primary N) is 1. The molecule has 5 nitrogen and oxygen atoms in total. The first-order chi connectivity index (χ1) is 7.67. The molecule has 1 saturated heterocycles. The highest BCUT2D eigenvalue weighted by Gasteiger charge is 2.24. The molecule has 1 rings (SSSR count). The van der Waals surface area contributed by atoms with Gasteiger partial charge in [0.05, 0.1) is 6.61 Å². The smallest absolute Gasteiger partial charge is 0.0633 e. The van der Waals surface area contributed by atoms with E-state index in [4.69, 9.17) is 10.6 Å². The van der Waals surface area contributed by atoms with Gasteiger partial charge >= 0.3 is 0 Å². The molecule has 0 saturated carbocycles. The van der Waals surface area contributed by atoms with Gasteiger partial charge in [0, 0.05) is 38.3 Å². The van der Waals surface area contributed by atoms with Crippen LogP contribution in [0.1, 0.15) is 13.3 Å². The Kier molecular flexibility index (Phi) is 6.23. The SMILES string of the molecule is CCOCC(CC1CN(C)CCN1C)NN. The van der Waals surface area contributed by atoms with Crippen LogP contribution < -0.4 is 11.3 Å². The van der Waals surface area contributed by atoms with Crippen molar-refractivity contribution >= 4 is 0 Å². The third-order valence-corrected chi connectivity index (χ3v) is 3.30.